The topological polar surface area (TPSA) is 86.6 Å². The average Bonchev–Trinajstić information content (AvgIpc) is 2.69. The van der Waals surface area contributed by atoms with Gasteiger partial charge in [0.25, 0.3) is 0 Å². The van der Waals surface area contributed by atoms with E-state index in [1.165, 1.54) is 7.05 Å². The van der Waals surface area contributed by atoms with E-state index in [9.17, 15) is 19.8 Å². The molecule has 0 aliphatic rings. The summed E-state index contributed by atoms with van der Waals surface area (Å²) in [4.78, 5) is 26.5. The molecule has 8 heteroatoms. The summed E-state index contributed by atoms with van der Waals surface area (Å²) in [6.07, 6.45) is 0. The van der Waals surface area contributed by atoms with Crippen molar-refractivity contribution < 1.29 is 19.8 Å². The number of ketones is 1. The third-order valence-corrected chi connectivity index (χ3v) is 4.81. The Kier molecular flexibility index (Phi) is 9.75. The van der Waals surface area contributed by atoms with Gasteiger partial charge in [-0.05, 0) is 43.4 Å². The van der Waals surface area contributed by atoms with Crippen LogP contribution in [0, 0.1) is 0 Å². The summed E-state index contributed by atoms with van der Waals surface area (Å²) >= 11 is 5.87. The summed E-state index contributed by atoms with van der Waals surface area (Å²) in [7, 11) is 1.54. The van der Waals surface area contributed by atoms with Gasteiger partial charge in [0, 0.05) is 10.6 Å². The molecule has 0 saturated carbocycles. The third kappa shape index (κ3) is 5.17. The van der Waals surface area contributed by atoms with Crippen LogP contribution in [0.25, 0.3) is 0 Å². The molecular weight excluding hydrogens is 403 g/mol. The number of aliphatic hydroxyl groups is 2. The zero-order valence-electron chi connectivity index (χ0n) is 15.5. The smallest absolute Gasteiger partial charge is 0.343 e. The first-order valence-electron chi connectivity index (χ1n) is 8.66. The maximum Gasteiger partial charge on any atom is 0.343 e. The molecule has 6 nitrogen and oxygen atoms in total. The molecule has 0 heterocycles. The van der Waals surface area contributed by atoms with Crippen LogP contribution < -0.4 is 9.80 Å². The SMILES string of the molecule is CNC(C(=O)c1ccc(Cl)cc1)C(=O)[N+](CCO)(CCO)c1ccccc1.Cl. The van der Waals surface area contributed by atoms with Gasteiger partial charge in [-0.2, -0.15) is 0 Å². The van der Waals surface area contributed by atoms with Crippen molar-refractivity contribution in [2.45, 2.75) is 6.04 Å². The van der Waals surface area contributed by atoms with Crippen LogP contribution in [0.3, 0.4) is 0 Å². The molecule has 0 aliphatic carbocycles. The predicted molar refractivity (Wildman–Crippen MR) is 113 cm³/mol. The van der Waals surface area contributed by atoms with Crippen molar-refractivity contribution in [1.29, 1.82) is 0 Å². The molecule has 0 spiro atoms. The lowest BCUT2D eigenvalue weighted by molar-refractivity contribution is -0.132. The van der Waals surface area contributed by atoms with E-state index in [2.05, 4.69) is 5.32 Å². The lowest BCUT2D eigenvalue weighted by Gasteiger charge is -2.36. The van der Waals surface area contributed by atoms with Crippen LogP contribution in [0.15, 0.2) is 54.6 Å². The number of carbonyl (C=O) groups is 2. The molecule has 0 saturated heterocycles. The number of nitrogens with zero attached hydrogens (tertiary/aromatic N) is 1. The van der Waals surface area contributed by atoms with Gasteiger partial charge in [0.05, 0.1) is 13.2 Å². The lowest BCUT2D eigenvalue weighted by atomic mass is 10.0. The number of hydrogen-bond acceptors (Lipinski definition) is 5. The lowest BCUT2D eigenvalue weighted by Crippen LogP contribution is -2.64. The summed E-state index contributed by atoms with van der Waals surface area (Å²) in [6, 6.07) is 14.1. The maximum absolute atomic E-state index is 13.5. The largest absolute Gasteiger partial charge is 0.390 e. The second kappa shape index (κ2) is 11.3. The second-order valence-corrected chi connectivity index (χ2v) is 6.57. The van der Waals surface area contributed by atoms with Crippen molar-refractivity contribution in [3.63, 3.8) is 0 Å². The van der Waals surface area contributed by atoms with Crippen molar-refractivity contribution in [3.05, 3.63) is 65.2 Å². The van der Waals surface area contributed by atoms with Gasteiger partial charge in [0.15, 0.2) is 11.8 Å². The van der Waals surface area contributed by atoms with E-state index in [1.54, 1.807) is 48.5 Å². The molecule has 1 amide bonds. The number of rotatable bonds is 9. The minimum atomic E-state index is -1.13. The Labute approximate surface area is 175 Å². The highest BCUT2D eigenvalue weighted by Crippen LogP contribution is 2.25. The van der Waals surface area contributed by atoms with Crippen LogP contribution >= 0.6 is 24.0 Å². The summed E-state index contributed by atoms with van der Waals surface area (Å²) in [6.45, 7) is -0.441. The molecule has 2 aromatic carbocycles. The van der Waals surface area contributed by atoms with Crippen molar-refractivity contribution in [1.82, 2.24) is 9.80 Å². The van der Waals surface area contributed by atoms with E-state index < -0.39 is 17.7 Å². The fourth-order valence-corrected chi connectivity index (χ4v) is 3.29. The van der Waals surface area contributed by atoms with E-state index in [0.717, 1.165) is 0 Å². The van der Waals surface area contributed by atoms with E-state index >= 15 is 0 Å². The van der Waals surface area contributed by atoms with E-state index in [-0.39, 0.29) is 43.2 Å². The van der Waals surface area contributed by atoms with Crippen molar-refractivity contribution in [3.8, 4) is 0 Å². The molecule has 0 aliphatic heterocycles. The molecule has 0 radical (unpaired) electrons. The molecular formula is C20H25Cl2N2O4+. The summed E-state index contributed by atoms with van der Waals surface area (Å²) in [5.41, 5.74) is 0.959. The number of para-hydroxylation sites is 1. The average molecular weight is 428 g/mol. The molecule has 2 rings (SSSR count). The minimum absolute atomic E-state index is 0. The zero-order valence-corrected chi connectivity index (χ0v) is 17.1. The molecule has 28 heavy (non-hydrogen) atoms. The van der Waals surface area contributed by atoms with Crippen LogP contribution in [0.4, 0.5) is 5.69 Å². The Hall–Kier alpha value is -1.80. The molecule has 0 bridgehead atoms. The van der Waals surface area contributed by atoms with Crippen molar-refractivity contribution >= 4 is 41.4 Å². The number of likely N-dealkylation sites (N-methyl/N-ethyl adjacent to an activating group) is 1. The van der Waals surface area contributed by atoms with Crippen LogP contribution in [-0.4, -0.2) is 61.3 Å². The number of amides is 1. The number of carbonyl (C=O) groups excluding carboxylic acids is 2. The Morgan fingerprint density at radius 2 is 1.54 bits per heavy atom. The molecule has 1 unspecified atom stereocenters. The Morgan fingerprint density at radius 1 is 1.00 bits per heavy atom. The maximum atomic E-state index is 13.5. The van der Waals surface area contributed by atoms with Gasteiger partial charge >= 0.3 is 5.91 Å². The first-order valence-corrected chi connectivity index (χ1v) is 9.04. The fourth-order valence-electron chi connectivity index (χ4n) is 3.17. The minimum Gasteiger partial charge on any atom is -0.390 e. The Bertz CT molecular complexity index is 764. The van der Waals surface area contributed by atoms with Crippen LogP contribution in [0.1, 0.15) is 10.4 Å². The number of quaternary nitrogens is 1. The van der Waals surface area contributed by atoms with Crippen molar-refractivity contribution in [2.75, 3.05) is 33.4 Å². The number of nitrogens with one attached hydrogen (secondary N) is 1. The van der Waals surface area contributed by atoms with Gasteiger partial charge in [0.2, 0.25) is 0 Å². The molecule has 1 atom stereocenters. The van der Waals surface area contributed by atoms with Crippen LogP contribution in [0.2, 0.25) is 5.02 Å². The number of benzene rings is 2. The van der Waals surface area contributed by atoms with Crippen LogP contribution in [-0.2, 0) is 4.79 Å². The van der Waals surface area contributed by atoms with Gasteiger partial charge in [0.1, 0.15) is 18.8 Å². The Balaban J connectivity index is 0.00000392. The van der Waals surface area contributed by atoms with E-state index in [1.807, 2.05) is 6.07 Å². The highest BCUT2D eigenvalue weighted by molar-refractivity contribution is 6.30. The standard InChI is InChI=1S/C20H24ClN2O4.ClH/c1-22-18(19(26)15-7-9-16(21)10-8-15)20(27)23(11-13-24,12-14-25)17-5-3-2-4-6-17;/h2-10,18,22,24-25H,11-14H2,1H3;1H/q+1;. The fraction of sp³-hybridized carbons (Fsp3) is 0.300. The second-order valence-electron chi connectivity index (χ2n) is 6.13. The van der Waals surface area contributed by atoms with Crippen molar-refractivity contribution in [2.24, 2.45) is 0 Å². The first-order chi connectivity index (χ1) is 13.0. The van der Waals surface area contributed by atoms with Gasteiger partial charge in [-0.1, -0.05) is 29.8 Å². The highest BCUT2D eigenvalue weighted by atomic mass is 35.5. The summed E-state index contributed by atoms with van der Waals surface area (Å²) in [5.74, 6) is -0.833. The van der Waals surface area contributed by atoms with E-state index in [4.69, 9.17) is 11.6 Å². The molecule has 0 fully saturated rings. The normalized spacial score (nSPS) is 12.1. The van der Waals surface area contributed by atoms with Crippen LogP contribution in [0.5, 0.6) is 0 Å². The number of Topliss-reactive ketones (excluding diaryl/α,β-unsaturated/α-hetero) is 1. The van der Waals surface area contributed by atoms with E-state index in [0.29, 0.717) is 16.3 Å². The molecule has 0 aromatic heterocycles. The predicted octanol–water partition coefficient (Wildman–Crippen LogP) is 2.05. The number of halogens is 2. The van der Waals surface area contributed by atoms with Gasteiger partial charge in [-0.15, -0.1) is 12.4 Å². The molecule has 152 valence electrons. The summed E-state index contributed by atoms with van der Waals surface area (Å²) < 4.78 is -0.335. The Morgan fingerprint density at radius 3 is 2.00 bits per heavy atom. The van der Waals surface area contributed by atoms with Gasteiger partial charge < -0.3 is 10.2 Å². The zero-order chi connectivity index (χ0) is 19.9. The first kappa shape index (κ1) is 24.2. The number of aliphatic hydroxyl groups excluding tert-OH is 2. The molecule has 3 N–H and O–H groups in total. The summed E-state index contributed by atoms with van der Waals surface area (Å²) in [5, 5.41) is 22.5. The third-order valence-electron chi connectivity index (χ3n) is 4.56. The monoisotopic (exact) mass is 427 g/mol. The van der Waals surface area contributed by atoms with Gasteiger partial charge in [-0.3, -0.25) is 10.1 Å². The quantitative estimate of drug-likeness (QED) is 0.323. The van der Waals surface area contributed by atoms with Gasteiger partial charge in [-0.25, -0.2) is 9.28 Å². The molecule has 2 aromatic rings. The highest BCUT2D eigenvalue weighted by Gasteiger charge is 2.45. The number of hydrogen-bond donors (Lipinski definition) is 3.